The molecule has 21 heavy (non-hydrogen) atoms. The molecule has 0 radical (unpaired) electrons. The molecule has 3 rings (SSSR count). The van der Waals surface area contributed by atoms with E-state index in [1.165, 1.54) is 11.1 Å². The first kappa shape index (κ1) is 13.9. The maximum absolute atomic E-state index is 6.01. The molecule has 0 unspecified atom stereocenters. The number of benzene rings is 1. The number of hydrogen-bond donors (Lipinski definition) is 1. The Balaban J connectivity index is 1.59. The molecule has 1 saturated heterocycles. The fourth-order valence-corrected chi connectivity index (χ4v) is 2.90. The van der Waals surface area contributed by atoms with Crippen LogP contribution in [-0.2, 0) is 6.54 Å². The number of rotatable bonds is 3. The molecule has 0 aliphatic carbocycles. The van der Waals surface area contributed by atoms with Gasteiger partial charge in [-0.1, -0.05) is 29.8 Å². The third-order valence-corrected chi connectivity index (χ3v) is 4.03. The fourth-order valence-electron chi connectivity index (χ4n) is 2.90. The third kappa shape index (κ3) is 3.34. The van der Waals surface area contributed by atoms with E-state index in [1.807, 2.05) is 12.3 Å². The Labute approximate surface area is 126 Å². The van der Waals surface area contributed by atoms with Crippen molar-refractivity contribution in [1.29, 1.82) is 0 Å². The summed E-state index contributed by atoms with van der Waals surface area (Å²) in [5, 5.41) is 0. The maximum Gasteiger partial charge on any atom is 0.0738 e. The molecule has 2 heterocycles. The lowest BCUT2D eigenvalue weighted by molar-refractivity contribution is 0.250. The molecule has 4 nitrogen and oxygen atoms in total. The number of anilines is 2. The van der Waals surface area contributed by atoms with E-state index in [-0.39, 0.29) is 0 Å². The Bertz CT molecular complexity index is 603. The zero-order valence-corrected chi connectivity index (χ0v) is 12.5. The van der Waals surface area contributed by atoms with Crippen molar-refractivity contribution in [2.75, 3.05) is 36.8 Å². The first-order chi connectivity index (χ1) is 10.2. The molecule has 4 heteroatoms. The Morgan fingerprint density at radius 3 is 2.67 bits per heavy atom. The second kappa shape index (κ2) is 6.14. The number of aromatic nitrogens is 1. The van der Waals surface area contributed by atoms with Gasteiger partial charge in [-0.25, -0.2) is 0 Å². The number of pyridine rings is 1. The Hall–Kier alpha value is -2.07. The van der Waals surface area contributed by atoms with Crippen LogP contribution in [0, 0.1) is 6.92 Å². The van der Waals surface area contributed by atoms with Crippen LogP contribution in [0.4, 0.5) is 11.4 Å². The van der Waals surface area contributed by atoms with Gasteiger partial charge in [0.05, 0.1) is 17.6 Å². The number of nitrogens with two attached hydrogens (primary N) is 1. The molecular weight excluding hydrogens is 260 g/mol. The van der Waals surface area contributed by atoms with Crippen molar-refractivity contribution < 1.29 is 0 Å². The highest BCUT2D eigenvalue weighted by molar-refractivity contribution is 5.66. The van der Waals surface area contributed by atoms with Crippen LogP contribution in [-0.4, -0.2) is 36.1 Å². The molecule has 1 aromatic carbocycles. The molecule has 110 valence electrons. The zero-order valence-electron chi connectivity index (χ0n) is 12.5. The van der Waals surface area contributed by atoms with Gasteiger partial charge in [-0.05, 0) is 18.6 Å². The number of hydrogen-bond acceptors (Lipinski definition) is 4. The molecule has 0 spiro atoms. The number of nitrogens with zero attached hydrogens (tertiary/aromatic N) is 3. The second-order valence-corrected chi connectivity index (χ2v) is 5.69. The van der Waals surface area contributed by atoms with Gasteiger partial charge in [-0.2, -0.15) is 0 Å². The molecule has 0 atom stereocenters. The van der Waals surface area contributed by atoms with Crippen molar-refractivity contribution in [1.82, 2.24) is 9.88 Å². The van der Waals surface area contributed by atoms with Gasteiger partial charge in [0.1, 0.15) is 0 Å². The summed E-state index contributed by atoms with van der Waals surface area (Å²) >= 11 is 0. The minimum atomic E-state index is 0.768. The summed E-state index contributed by atoms with van der Waals surface area (Å²) in [7, 11) is 0. The summed E-state index contributed by atoms with van der Waals surface area (Å²) in [6.45, 7) is 7.33. The van der Waals surface area contributed by atoms with Gasteiger partial charge in [0, 0.05) is 38.9 Å². The molecule has 1 aliphatic rings. The first-order valence-electron chi connectivity index (χ1n) is 7.45. The van der Waals surface area contributed by atoms with Crippen LogP contribution in [0.15, 0.2) is 42.7 Å². The van der Waals surface area contributed by atoms with Crippen molar-refractivity contribution in [2.24, 2.45) is 0 Å². The van der Waals surface area contributed by atoms with E-state index >= 15 is 0 Å². The molecule has 1 aromatic heterocycles. The van der Waals surface area contributed by atoms with Gasteiger partial charge >= 0.3 is 0 Å². The highest BCUT2D eigenvalue weighted by atomic mass is 15.3. The Morgan fingerprint density at radius 1 is 1.14 bits per heavy atom. The quantitative estimate of drug-likeness (QED) is 0.938. The maximum atomic E-state index is 6.01. The van der Waals surface area contributed by atoms with E-state index in [9.17, 15) is 0 Å². The second-order valence-electron chi connectivity index (χ2n) is 5.69. The third-order valence-electron chi connectivity index (χ3n) is 4.03. The van der Waals surface area contributed by atoms with E-state index in [1.54, 1.807) is 6.20 Å². The molecule has 1 aliphatic heterocycles. The van der Waals surface area contributed by atoms with E-state index in [4.69, 9.17) is 5.73 Å². The van der Waals surface area contributed by atoms with Crippen LogP contribution < -0.4 is 10.6 Å². The minimum absolute atomic E-state index is 0.768. The number of nitrogen functional groups attached to an aromatic ring is 1. The highest BCUT2D eigenvalue weighted by Gasteiger charge is 2.18. The van der Waals surface area contributed by atoms with Crippen LogP contribution in [0.5, 0.6) is 0 Å². The average Bonchev–Trinajstić information content (AvgIpc) is 2.49. The normalized spacial score (nSPS) is 16.1. The average molecular weight is 282 g/mol. The Morgan fingerprint density at radius 2 is 1.95 bits per heavy atom. The van der Waals surface area contributed by atoms with Gasteiger partial charge in [0.2, 0.25) is 0 Å². The molecule has 2 N–H and O–H groups in total. The topological polar surface area (TPSA) is 45.4 Å². The van der Waals surface area contributed by atoms with E-state index in [2.05, 4.69) is 46.0 Å². The zero-order chi connectivity index (χ0) is 14.7. The van der Waals surface area contributed by atoms with Crippen molar-refractivity contribution >= 4 is 11.4 Å². The smallest absolute Gasteiger partial charge is 0.0738 e. The predicted molar refractivity (Wildman–Crippen MR) is 87.3 cm³/mol. The predicted octanol–water partition coefficient (Wildman–Crippen LogP) is 2.29. The monoisotopic (exact) mass is 282 g/mol. The van der Waals surface area contributed by atoms with Gasteiger partial charge in [0.15, 0.2) is 0 Å². The molecular formula is C17H22N4. The lowest BCUT2D eigenvalue weighted by Gasteiger charge is -2.36. The highest BCUT2D eigenvalue weighted by Crippen LogP contribution is 2.23. The summed E-state index contributed by atoms with van der Waals surface area (Å²) in [5.74, 6) is 0. The summed E-state index contributed by atoms with van der Waals surface area (Å²) < 4.78 is 0. The van der Waals surface area contributed by atoms with E-state index < -0.39 is 0 Å². The summed E-state index contributed by atoms with van der Waals surface area (Å²) in [5.41, 5.74) is 10.6. The van der Waals surface area contributed by atoms with Crippen LogP contribution in [0.1, 0.15) is 11.1 Å². The summed E-state index contributed by atoms with van der Waals surface area (Å²) in [6.07, 6.45) is 3.54. The van der Waals surface area contributed by atoms with Crippen molar-refractivity contribution in [3.63, 3.8) is 0 Å². The van der Waals surface area contributed by atoms with Gasteiger partial charge in [-0.15, -0.1) is 0 Å². The lowest BCUT2D eigenvalue weighted by Crippen LogP contribution is -2.46. The van der Waals surface area contributed by atoms with Crippen molar-refractivity contribution in [3.05, 3.63) is 53.9 Å². The standard InChI is InChI=1S/C17H22N4/c1-14-3-2-4-15(11-14)13-20-7-9-21(10-8-20)17-5-6-19-12-16(17)18/h2-6,11-12H,7-10,13,18H2,1H3. The lowest BCUT2D eigenvalue weighted by atomic mass is 10.1. The van der Waals surface area contributed by atoms with Gasteiger partial charge in [0.25, 0.3) is 0 Å². The first-order valence-corrected chi connectivity index (χ1v) is 7.45. The van der Waals surface area contributed by atoms with Crippen LogP contribution in [0.25, 0.3) is 0 Å². The molecule has 2 aromatic rings. The minimum Gasteiger partial charge on any atom is -0.396 e. The molecule has 0 saturated carbocycles. The summed E-state index contributed by atoms with van der Waals surface area (Å²) in [4.78, 5) is 8.91. The van der Waals surface area contributed by atoms with Crippen LogP contribution >= 0.6 is 0 Å². The fraction of sp³-hybridized carbons (Fsp3) is 0.353. The molecule has 1 fully saturated rings. The molecule has 0 amide bonds. The van der Waals surface area contributed by atoms with Gasteiger partial charge < -0.3 is 10.6 Å². The van der Waals surface area contributed by atoms with Crippen LogP contribution in [0.3, 0.4) is 0 Å². The number of piperazine rings is 1. The van der Waals surface area contributed by atoms with Crippen molar-refractivity contribution in [2.45, 2.75) is 13.5 Å². The van der Waals surface area contributed by atoms with Crippen LogP contribution in [0.2, 0.25) is 0 Å². The summed E-state index contributed by atoms with van der Waals surface area (Å²) in [6, 6.07) is 10.8. The SMILES string of the molecule is Cc1cccc(CN2CCN(c3ccncc3N)CC2)c1. The number of aryl methyl sites for hydroxylation is 1. The van der Waals surface area contributed by atoms with Crippen molar-refractivity contribution in [3.8, 4) is 0 Å². The molecule has 0 bridgehead atoms. The van der Waals surface area contributed by atoms with Gasteiger partial charge in [-0.3, -0.25) is 9.88 Å². The van der Waals surface area contributed by atoms with E-state index in [0.717, 1.165) is 44.1 Å². The van der Waals surface area contributed by atoms with E-state index in [0.29, 0.717) is 0 Å². The largest absolute Gasteiger partial charge is 0.396 e. The Kier molecular flexibility index (Phi) is 4.06.